The summed E-state index contributed by atoms with van der Waals surface area (Å²) in [5.41, 5.74) is 12.2. The predicted molar refractivity (Wildman–Crippen MR) is 140 cm³/mol. The molecule has 7 nitrogen and oxygen atoms in total. The number of aliphatic hydroxyl groups is 1. The normalized spacial score (nSPS) is 19.9. The molecule has 0 spiro atoms. The van der Waals surface area contributed by atoms with Crippen LogP contribution in [0.3, 0.4) is 0 Å². The van der Waals surface area contributed by atoms with E-state index in [1.165, 1.54) is 0 Å². The Kier molecular flexibility index (Phi) is 7.79. The van der Waals surface area contributed by atoms with Gasteiger partial charge in [-0.3, -0.25) is 0 Å². The highest BCUT2D eigenvalue weighted by molar-refractivity contribution is 7.99. The second kappa shape index (κ2) is 11.4. The van der Waals surface area contributed by atoms with Crippen LogP contribution in [0.4, 0.5) is 0 Å². The highest BCUT2D eigenvalue weighted by atomic mass is 32.2. The van der Waals surface area contributed by atoms with Crippen molar-refractivity contribution >= 4 is 11.8 Å². The summed E-state index contributed by atoms with van der Waals surface area (Å²) in [6.45, 7) is 0.516. The number of nitrogens with zero attached hydrogens (tertiary/aromatic N) is 3. The van der Waals surface area contributed by atoms with Gasteiger partial charge in [-0.05, 0) is 27.8 Å². The average Bonchev–Trinajstić information content (AvgIpc) is 3.36. The third kappa shape index (κ3) is 5.53. The maximum Gasteiger partial charge on any atom is 0.190 e. The third-order valence-corrected chi connectivity index (χ3v) is 7.58. The molecule has 2 heterocycles. The van der Waals surface area contributed by atoms with Crippen LogP contribution < -0.4 is 5.73 Å². The van der Waals surface area contributed by atoms with Gasteiger partial charge in [-0.25, -0.2) is 0 Å². The molecule has 186 valence electrons. The number of ether oxygens (including phenoxy) is 2. The molecule has 1 fully saturated rings. The number of aromatic nitrogens is 3. The highest BCUT2D eigenvalue weighted by Crippen LogP contribution is 2.39. The molecule has 0 aliphatic carbocycles. The molecule has 4 aromatic rings. The second-order valence-corrected chi connectivity index (χ2v) is 9.86. The first-order chi connectivity index (χ1) is 17.6. The molecule has 36 heavy (non-hydrogen) atoms. The Morgan fingerprint density at radius 3 is 2.44 bits per heavy atom. The summed E-state index contributed by atoms with van der Waals surface area (Å²) in [6.07, 6.45) is 1.77. The molecule has 3 atom stereocenters. The van der Waals surface area contributed by atoms with Gasteiger partial charge in [-0.15, -0.1) is 10.2 Å². The first-order valence-electron chi connectivity index (χ1n) is 12.0. The van der Waals surface area contributed by atoms with Crippen LogP contribution in [0.2, 0.25) is 0 Å². The van der Waals surface area contributed by atoms with Crippen molar-refractivity contribution in [1.29, 1.82) is 0 Å². The Hall–Kier alpha value is -3.01. The zero-order chi connectivity index (χ0) is 24.9. The molecule has 1 aliphatic rings. The quantitative estimate of drug-likeness (QED) is 0.335. The summed E-state index contributed by atoms with van der Waals surface area (Å²) in [5.74, 6) is 0.736. The summed E-state index contributed by atoms with van der Waals surface area (Å²) in [7, 11) is 1.94. The van der Waals surface area contributed by atoms with Crippen molar-refractivity contribution in [3.8, 4) is 11.1 Å². The molecule has 3 N–H and O–H groups in total. The maximum absolute atomic E-state index is 9.42. The van der Waals surface area contributed by atoms with E-state index < -0.39 is 6.29 Å². The molecule has 0 amide bonds. The molecule has 5 rings (SSSR count). The van der Waals surface area contributed by atoms with Gasteiger partial charge in [-0.2, -0.15) is 0 Å². The van der Waals surface area contributed by atoms with Crippen molar-refractivity contribution in [3.63, 3.8) is 0 Å². The molecule has 0 radical (unpaired) electrons. The summed E-state index contributed by atoms with van der Waals surface area (Å²) in [6, 6.07) is 24.5. The zero-order valence-electron chi connectivity index (χ0n) is 20.2. The maximum atomic E-state index is 9.42. The van der Waals surface area contributed by atoms with Gasteiger partial charge in [0.1, 0.15) is 6.33 Å². The van der Waals surface area contributed by atoms with Crippen LogP contribution >= 0.6 is 11.8 Å². The van der Waals surface area contributed by atoms with E-state index in [4.69, 9.17) is 15.2 Å². The average molecular weight is 503 g/mol. The Bertz CT molecular complexity index is 1280. The van der Waals surface area contributed by atoms with Crippen LogP contribution in [-0.2, 0) is 29.7 Å². The minimum Gasteiger partial charge on any atom is -0.392 e. The number of nitrogens with two attached hydrogens (primary N) is 1. The smallest absolute Gasteiger partial charge is 0.190 e. The van der Waals surface area contributed by atoms with Crippen molar-refractivity contribution in [2.24, 2.45) is 12.8 Å². The molecular formula is C28H30N4O3S. The molecule has 0 unspecified atom stereocenters. The fourth-order valence-corrected chi connectivity index (χ4v) is 5.30. The van der Waals surface area contributed by atoms with Crippen LogP contribution in [0.25, 0.3) is 11.1 Å². The lowest BCUT2D eigenvalue weighted by atomic mass is 9.98. The van der Waals surface area contributed by atoms with E-state index in [9.17, 15) is 5.11 Å². The number of hydrogen-bond acceptors (Lipinski definition) is 7. The summed E-state index contributed by atoms with van der Waals surface area (Å²) in [4.78, 5) is 0. The topological polar surface area (TPSA) is 95.4 Å². The summed E-state index contributed by atoms with van der Waals surface area (Å²) >= 11 is 1.63. The number of aliphatic hydroxyl groups excluding tert-OH is 1. The van der Waals surface area contributed by atoms with Crippen molar-refractivity contribution in [1.82, 2.24) is 14.8 Å². The van der Waals surface area contributed by atoms with Gasteiger partial charge >= 0.3 is 0 Å². The molecule has 8 heteroatoms. The van der Waals surface area contributed by atoms with E-state index in [0.29, 0.717) is 6.54 Å². The third-order valence-electron chi connectivity index (χ3n) is 6.41. The van der Waals surface area contributed by atoms with Gasteiger partial charge in [0.05, 0.1) is 18.8 Å². The monoisotopic (exact) mass is 502 g/mol. The fraction of sp³-hybridized carbons (Fsp3) is 0.286. The van der Waals surface area contributed by atoms with Crippen LogP contribution in [0.15, 0.2) is 84.3 Å². The van der Waals surface area contributed by atoms with Crippen molar-refractivity contribution in [3.05, 3.63) is 101 Å². The van der Waals surface area contributed by atoms with E-state index in [-0.39, 0.29) is 18.8 Å². The van der Waals surface area contributed by atoms with Gasteiger partial charge in [0.25, 0.3) is 0 Å². The minimum absolute atomic E-state index is 0.0220. The number of hydrogen-bond donors (Lipinski definition) is 2. The van der Waals surface area contributed by atoms with E-state index in [2.05, 4.69) is 46.6 Å². The van der Waals surface area contributed by atoms with Gasteiger partial charge in [-0.1, -0.05) is 84.6 Å². The van der Waals surface area contributed by atoms with Crippen LogP contribution in [0.1, 0.15) is 41.1 Å². The first kappa shape index (κ1) is 24.7. The first-order valence-corrected chi connectivity index (χ1v) is 13.0. The lowest BCUT2D eigenvalue weighted by Crippen LogP contribution is -2.31. The number of benzene rings is 3. The van der Waals surface area contributed by atoms with Crippen LogP contribution in [0, 0.1) is 0 Å². The lowest BCUT2D eigenvalue weighted by Gasteiger charge is -2.36. The van der Waals surface area contributed by atoms with Crippen molar-refractivity contribution in [2.75, 3.05) is 5.75 Å². The van der Waals surface area contributed by atoms with E-state index in [1.54, 1.807) is 18.1 Å². The SMILES string of the molecule is Cn1cnnc1SC[C@H]1C[C@@H](c2ccc(CO)cc2)O[C@@H](c2ccc(-c3ccccc3CN)cc2)O1. The predicted octanol–water partition coefficient (Wildman–Crippen LogP) is 4.77. The van der Waals surface area contributed by atoms with Crippen LogP contribution in [-0.4, -0.2) is 31.7 Å². The highest BCUT2D eigenvalue weighted by Gasteiger charge is 2.32. The number of thioether (sulfide) groups is 1. The van der Waals surface area contributed by atoms with E-state index in [1.807, 2.05) is 48.0 Å². The molecule has 1 saturated heterocycles. The molecular weight excluding hydrogens is 472 g/mol. The Morgan fingerprint density at radius 1 is 1.00 bits per heavy atom. The van der Waals surface area contributed by atoms with E-state index in [0.717, 1.165) is 50.7 Å². The standard InChI is InChI=1S/C28H30N4O3S/c1-32-18-30-31-28(32)36-17-24-14-26(21-8-6-19(16-33)7-9-21)35-27(34-24)22-12-10-20(11-13-22)25-5-3-2-4-23(25)15-29/h2-13,18,24,26-27,33H,14-17,29H2,1H3/t24-,26+,27+/m1/s1. The molecule has 0 bridgehead atoms. The largest absolute Gasteiger partial charge is 0.392 e. The number of aryl methyl sites for hydroxylation is 1. The summed E-state index contributed by atoms with van der Waals surface area (Å²) < 4.78 is 14.8. The van der Waals surface area contributed by atoms with Gasteiger partial charge in [0.2, 0.25) is 0 Å². The van der Waals surface area contributed by atoms with Crippen molar-refractivity contribution < 1.29 is 14.6 Å². The van der Waals surface area contributed by atoms with Gasteiger partial charge in [0.15, 0.2) is 11.4 Å². The fourth-order valence-electron chi connectivity index (χ4n) is 4.39. The lowest BCUT2D eigenvalue weighted by molar-refractivity contribution is -0.245. The Labute approximate surface area is 215 Å². The van der Waals surface area contributed by atoms with Gasteiger partial charge in [0, 0.05) is 31.3 Å². The van der Waals surface area contributed by atoms with Gasteiger partial charge < -0.3 is 24.9 Å². The second-order valence-electron chi connectivity index (χ2n) is 8.87. The molecule has 1 aromatic heterocycles. The minimum atomic E-state index is -0.495. The van der Waals surface area contributed by atoms with Crippen LogP contribution in [0.5, 0.6) is 0 Å². The number of rotatable bonds is 8. The zero-order valence-corrected chi connectivity index (χ0v) is 21.0. The summed E-state index contributed by atoms with van der Waals surface area (Å²) in [5, 5.41) is 18.4. The van der Waals surface area contributed by atoms with E-state index >= 15 is 0 Å². The van der Waals surface area contributed by atoms with Crippen molar-refractivity contribution in [2.45, 2.75) is 43.2 Å². The Balaban J connectivity index is 1.37. The molecule has 0 saturated carbocycles. The molecule has 1 aliphatic heterocycles. The molecule has 3 aromatic carbocycles. The Morgan fingerprint density at radius 2 is 1.75 bits per heavy atom.